The SMILES string of the molecule is CC/C=C(/C=C(\S)C=O)OC(C)=O. The number of allylic oxidation sites excluding steroid dienone is 3. The lowest BCUT2D eigenvalue weighted by Crippen LogP contribution is -1.97. The first-order valence-electron chi connectivity index (χ1n) is 3.84. The Morgan fingerprint density at radius 1 is 1.54 bits per heavy atom. The number of ether oxygens (including phenoxy) is 1. The molecule has 0 heterocycles. The average Bonchev–Trinajstić information content (AvgIpc) is 2.03. The van der Waals surface area contributed by atoms with E-state index in [0.717, 1.165) is 6.42 Å². The summed E-state index contributed by atoms with van der Waals surface area (Å²) in [5.74, 6) is -0.0601. The van der Waals surface area contributed by atoms with Crippen molar-refractivity contribution in [3.63, 3.8) is 0 Å². The number of aldehydes is 1. The molecule has 0 amide bonds. The highest BCUT2D eigenvalue weighted by Crippen LogP contribution is 2.07. The van der Waals surface area contributed by atoms with Crippen molar-refractivity contribution in [2.75, 3.05) is 0 Å². The second kappa shape index (κ2) is 6.48. The van der Waals surface area contributed by atoms with Crippen molar-refractivity contribution >= 4 is 24.9 Å². The van der Waals surface area contributed by atoms with Gasteiger partial charge in [-0.2, -0.15) is 0 Å². The first-order valence-corrected chi connectivity index (χ1v) is 4.29. The van der Waals surface area contributed by atoms with Gasteiger partial charge < -0.3 is 4.74 Å². The molecule has 72 valence electrons. The third kappa shape index (κ3) is 6.16. The first-order chi connectivity index (χ1) is 6.10. The van der Waals surface area contributed by atoms with E-state index in [1.807, 2.05) is 6.92 Å². The van der Waals surface area contributed by atoms with Gasteiger partial charge in [0.25, 0.3) is 0 Å². The molecule has 0 bridgehead atoms. The molecule has 0 aliphatic rings. The second-order valence-corrected chi connectivity index (χ2v) is 2.81. The van der Waals surface area contributed by atoms with E-state index in [1.54, 1.807) is 6.08 Å². The summed E-state index contributed by atoms with van der Waals surface area (Å²) in [5.41, 5.74) is 0. The molecule has 0 aliphatic carbocycles. The highest BCUT2D eigenvalue weighted by atomic mass is 32.1. The summed E-state index contributed by atoms with van der Waals surface area (Å²) in [7, 11) is 0. The molecule has 0 N–H and O–H groups in total. The molecule has 4 heteroatoms. The zero-order valence-corrected chi connectivity index (χ0v) is 8.51. The molecule has 0 aromatic carbocycles. The van der Waals surface area contributed by atoms with Crippen molar-refractivity contribution in [3.05, 3.63) is 22.8 Å². The fourth-order valence-corrected chi connectivity index (χ4v) is 0.804. The van der Waals surface area contributed by atoms with E-state index in [-0.39, 0.29) is 4.91 Å². The van der Waals surface area contributed by atoms with Crippen LogP contribution in [-0.2, 0) is 14.3 Å². The van der Waals surface area contributed by atoms with Gasteiger partial charge in [0.15, 0.2) is 6.29 Å². The van der Waals surface area contributed by atoms with Crippen molar-refractivity contribution in [3.8, 4) is 0 Å². The lowest BCUT2D eigenvalue weighted by Gasteiger charge is -2.01. The van der Waals surface area contributed by atoms with E-state index in [1.165, 1.54) is 13.0 Å². The predicted molar refractivity (Wildman–Crippen MR) is 53.3 cm³/mol. The van der Waals surface area contributed by atoms with Crippen LogP contribution in [0.4, 0.5) is 0 Å². The summed E-state index contributed by atoms with van der Waals surface area (Å²) < 4.78 is 4.80. The van der Waals surface area contributed by atoms with Gasteiger partial charge in [0.1, 0.15) is 5.76 Å². The zero-order valence-electron chi connectivity index (χ0n) is 7.61. The number of hydrogen-bond donors (Lipinski definition) is 1. The van der Waals surface area contributed by atoms with Gasteiger partial charge in [-0.15, -0.1) is 12.6 Å². The molecular weight excluding hydrogens is 188 g/mol. The van der Waals surface area contributed by atoms with Crippen molar-refractivity contribution in [2.24, 2.45) is 0 Å². The van der Waals surface area contributed by atoms with Crippen LogP contribution in [-0.4, -0.2) is 12.3 Å². The van der Waals surface area contributed by atoms with Crippen molar-refractivity contribution in [1.82, 2.24) is 0 Å². The van der Waals surface area contributed by atoms with Crippen LogP contribution in [0.15, 0.2) is 22.8 Å². The standard InChI is InChI=1S/C9H12O3S/c1-3-4-8(12-7(2)11)5-9(13)6-10/h4-6,13H,3H2,1-2H3/b8-4-,9-5-. The summed E-state index contributed by atoms with van der Waals surface area (Å²) in [4.78, 5) is 21.0. The lowest BCUT2D eigenvalue weighted by atomic mass is 10.3. The van der Waals surface area contributed by atoms with Crippen LogP contribution in [0.1, 0.15) is 20.3 Å². The summed E-state index contributed by atoms with van der Waals surface area (Å²) in [6.07, 6.45) is 4.40. The molecule has 0 radical (unpaired) electrons. The van der Waals surface area contributed by atoms with Gasteiger partial charge in [0, 0.05) is 11.8 Å². The summed E-state index contributed by atoms with van der Waals surface area (Å²) in [6, 6.07) is 0. The van der Waals surface area contributed by atoms with E-state index >= 15 is 0 Å². The third-order valence-electron chi connectivity index (χ3n) is 1.08. The van der Waals surface area contributed by atoms with Gasteiger partial charge in [-0.3, -0.25) is 9.59 Å². The van der Waals surface area contributed by atoms with E-state index in [2.05, 4.69) is 12.6 Å². The summed E-state index contributed by atoms with van der Waals surface area (Å²) in [6.45, 7) is 3.20. The van der Waals surface area contributed by atoms with Gasteiger partial charge in [0.2, 0.25) is 0 Å². The molecule has 0 fully saturated rings. The van der Waals surface area contributed by atoms with Crippen LogP contribution in [0.2, 0.25) is 0 Å². The van der Waals surface area contributed by atoms with Gasteiger partial charge in [-0.05, 0) is 18.6 Å². The fraction of sp³-hybridized carbons (Fsp3) is 0.333. The van der Waals surface area contributed by atoms with Crippen LogP contribution in [0.25, 0.3) is 0 Å². The Hall–Kier alpha value is -1.03. The smallest absolute Gasteiger partial charge is 0.308 e. The third-order valence-corrected chi connectivity index (χ3v) is 1.31. The first kappa shape index (κ1) is 12.0. The Bertz CT molecular complexity index is 254. The maximum absolute atomic E-state index is 10.6. The number of carbonyl (C=O) groups is 2. The molecule has 0 aromatic heterocycles. The number of carbonyl (C=O) groups excluding carboxylic acids is 2. The van der Waals surface area contributed by atoms with Crippen LogP contribution >= 0.6 is 12.6 Å². The molecule has 0 rings (SSSR count). The molecule has 0 saturated heterocycles. The van der Waals surface area contributed by atoms with Crippen LogP contribution < -0.4 is 0 Å². The molecule has 13 heavy (non-hydrogen) atoms. The topological polar surface area (TPSA) is 43.4 Å². The minimum Gasteiger partial charge on any atom is -0.427 e. The Kier molecular flexibility index (Phi) is 5.97. The van der Waals surface area contributed by atoms with Gasteiger partial charge in [-0.25, -0.2) is 0 Å². The Morgan fingerprint density at radius 3 is 2.54 bits per heavy atom. The average molecular weight is 200 g/mol. The normalized spacial score (nSPS) is 12.5. The quantitative estimate of drug-likeness (QED) is 0.188. The second-order valence-electron chi connectivity index (χ2n) is 2.30. The van der Waals surface area contributed by atoms with Crippen LogP contribution in [0.5, 0.6) is 0 Å². The molecule has 0 aliphatic heterocycles. The highest BCUT2D eigenvalue weighted by Gasteiger charge is 1.98. The van der Waals surface area contributed by atoms with Gasteiger partial charge in [0.05, 0.1) is 0 Å². The van der Waals surface area contributed by atoms with Crippen molar-refractivity contribution < 1.29 is 14.3 Å². The maximum atomic E-state index is 10.6. The van der Waals surface area contributed by atoms with Gasteiger partial charge >= 0.3 is 5.97 Å². The number of hydrogen-bond acceptors (Lipinski definition) is 4. The monoisotopic (exact) mass is 200 g/mol. The van der Waals surface area contributed by atoms with Crippen LogP contribution in [0, 0.1) is 0 Å². The zero-order chi connectivity index (χ0) is 10.3. The number of esters is 1. The Balaban J connectivity index is 4.53. The van der Waals surface area contributed by atoms with Crippen molar-refractivity contribution in [2.45, 2.75) is 20.3 Å². The molecule has 0 atom stereocenters. The fourth-order valence-electron chi connectivity index (χ4n) is 0.677. The van der Waals surface area contributed by atoms with Gasteiger partial charge in [-0.1, -0.05) is 6.92 Å². The highest BCUT2D eigenvalue weighted by molar-refractivity contribution is 7.85. The molecule has 0 unspecified atom stereocenters. The maximum Gasteiger partial charge on any atom is 0.308 e. The van der Waals surface area contributed by atoms with Crippen molar-refractivity contribution in [1.29, 1.82) is 0 Å². The van der Waals surface area contributed by atoms with E-state index < -0.39 is 5.97 Å². The summed E-state index contributed by atoms with van der Waals surface area (Å²) >= 11 is 3.85. The lowest BCUT2D eigenvalue weighted by molar-refractivity contribution is -0.136. The van der Waals surface area contributed by atoms with E-state index in [0.29, 0.717) is 12.0 Å². The molecule has 3 nitrogen and oxygen atoms in total. The molecule has 0 spiro atoms. The number of rotatable bonds is 4. The molecule has 0 aromatic rings. The Labute approximate surface area is 82.9 Å². The largest absolute Gasteiger partial charge is 0.427 e. The summed E-state index contributed by atoms with van der Waals surface area (Å²) in [5, 5.41) is 0. The minimum atomic E-state index is -0.414. The Morgan fingerprint density at radius 2 is 2.15 bits per heavy atom. The predicted octanol–water partition coefficient (Wildman–Crippen LogP) is 1.86. The van der Waals surface area contributed by atoms with E-state index in [9.17, 15) is 9.59 Å². The molecule has 0 saturated carbocycles. The molecular formula is C9H12O3S. The van der Waals surface area contributed by atoms with E-state index in [4.69, 9.17) is 4.74 Å². The van der Waals surface area contributed by atoms with Crippen LogP contribution in [0.3, 0.4) is 0 Å². The number of thiol groups is 1. The minimum absolute atomic E-state index is 0.223.